The van der Waals surface area contributed by atoms with Crippen LogP contribution < -0.4 is 10.6 Å². The topological polar surface area (TPSA) is 105 Å². The van der Waals surface area contributed by atoms with Gasteiger partial charge in [0.25, 0.3) is 0 Å². The smallest absolute Gasteiger partial charge is 0.305 e. The van der Waals surface area contributed by atoms with Crippen LogP contribution in [0.1, 0.15) is 49.3 Å². The molecule has 0 aromatic heterocycles. The van der Waals surface area contributed by atoms with Crippen LogP contribution in [0.5, 0.6) is 5.75 Å². The molecule has 0 aliphatic heterocycles. The van der Waals surface area contributed by atoms with E-state index >= 15 is 0 Å². The molecular weight excluding hydrogens is 456 g/mol. The Morgan fingerprint density at radius 1 is 0.972 bits per heavy atom. The summed E-state index contributed by atoms with van der Waals surface area (Å²) in [6, 6.07) is 19.7. The molecule has 1 aliphatic rings. The van der Waals surface area contributed by atoms with E-state index in [1.54, 1.807) is 31.2 Å². The van der Waals surface area contributed by atoms with E-state index in [0.717, 1.165) is 27.8 Å². The molecule has 2 atom stereocenters. The molecule has 0 bridgehead atoms. The van der Waals surface area contributed by atoms with E-state index in [4.69, 9.17) is 4.74 Å². The molecule has 3 aromatic carbocycles. The minimum absolute atomic E-state index is 0.0144. The number of anilines is 1. The summed E-state index contributed by atoms with van der Waals surface area (Å²) in [5, 5.41) is 15.2. The molecule has 0 radical (unpaired) electrons. The first-order valence-electron chi connectivity index (χ1n) is 12.1. The summed E-state index contributed by atoms with van der Waals surface area (Å²) in [6.07, 6.45) is 1.19. The number of phenols is 1. The van der Waals surface area contributed by atoms with Crippen molar-refractivity contribution in [3.8, 4) is 16.9 Å². The van der Waals surface area contributed by atoms with Gasteiger partial charge in [0.15, 0.2) is 0 Å². The Hall–Kier alpha value is -4.13. The highest BCUT2D eigenvalue weighted by Crippen LogP contribution is 2.47. The van der Waals surface area contributed by atoms with Gasteiger partial charge in [0.05, 0.1) is 6.61 Å². The van der Waals surface area contributed by atoms with Crippen molar-refractivity contribution in [1.29, 1.82) is 0 Å². The molecule has 1 aliphatic carbocycles. The molecule has 0 spiro atoms. The monoisotopic (exact) mass is 486 g/mol. The molecule has 186 valence electrons. The van der Waals surface area contributed by atoms with Gasteiger partial charge in [0, 0.05) is 31.4 Å². The Morgan fingerprint density at radius 3 is 2.42 bits per heavy atom. The van der Waals surface area contributed by atoms with Gasteiger partial charge in [-0.05, 0) is 65.4 Å². The maximum atomic E-state index is 13.2. The summed E-state index contributed by atoms with van der Waals surface area (Å²) >= 11 is 0. The molecule has 2 amide bonds. The van der Waals surface area contributed by atoms with Crippen LogP contribution in [0.3, 0.4) is 0 Å². The average Bonchev–Trinajstić information content (AvgIpc) is 3.16. The zero-order valence-corrected chi connectivity index (χ0v) is 20.4. The zero-order chi connectivity index (χ0) is 25.7. The summed E-state index contributed by atoms with van der Waals surface area (Å²) in [7, 11) is 0. The highest BCUT2D eigenvalue weighted by molar-refractivity contribution is 5.97. The van der Waals surface area contributed by atoms with Gasteiger partial charge in [0.1, 0.15) is 11.8 Å². The van der Waals surface area contributed by atoms with Gasteiger partial charge in [0.2, 0.25) is 11.8 Å². The number of rotatable bonds is 9. The fraction of sp³-hybridized carbons (Fsp3) is 0.276. The number of hydrogen-bond acceptors (Lipinski definition) is 5. The van der Waals surface area contributed by atoms with E-state index in [1.165, 1.54) is 6.92 Å². The third-order valence-electron chi connectivity index (χ3n) is 6.33. The largest absolute Gasteiger partial charge is 0.508 e. The lowest BCUT2D eigenvalue weighted by molar-refractivity contribution is -0.143. The Labute approximate surface area is 210 Å². The van der Waals surface area contributed by atoms with E-state index in [0.29, 0.717) is 25.1 Å². The average molecular weight is 487 g/mol. The predicted octanol–water partition coefficient (Wildman–Crippen LogP) is 4.53. The summed E-state index contributed by atoms with van der Waals surface area (Å²) in [6.45, 7) is 3.52. The molecule has 0 saturated heterocycles. The van der Waals surface area contributed by atoms with Gasteiger partial charge in [-0.3, -0.25) is 14.4 Å². The van der Waals surface area contributed by atoms with E-state index < -0.39 is 6.04 Å². The van der Waals surface area contributed by atoms with Crippen LogP contribution in [-0.2, 0) is 25.5 Å². The molecule has 3 N–H and O–H groups in total. The third-order valence-corrected chi connectivity index (χ3v) is 6.33. The standard InChI is InChI=1S/C29H30N2O5/c1-3-36-28(34)15-14-25-23-7-5-4-6-22(23)24-13-10-20(17-26(24)25)31-29(35)27(30-18(2)32)16-19-8-11-21(33)12-9-19/h4-13,17,25,27,33H,3,14-16H2,1-2H3,(H,30,32)(H,31,35)/t25?,27-/m0/s1. The first-order chi connectivity index (χ1) is 17.4. The summed E-state index contributed by atoms with van der Waals surface area (Å²) in [5.74, 6) is -0.717. The molecule has 3 aromatic rings. The Balaban J connectivity index is 1.55. The van der Waals surface area contributed by atoms with E-state index in [-0.39, 0.29) is 35.9 Å². The summed E-state index contributed by atoms with van der Waals surface area (Å²) in [4.78, 5) is 37.0. The number of nitrogens with one attached hydrogen (secondary N) is 2. The number of aromatic hydroxyl groups is 1. The van der Waals surface area contributed by atoms with Crippen LogP contribution in [0, 0.1) is 0 Å². The number of phenolic OH excluding ortho intramolecular Hbond substituents is 1. The van der Waals surface area contributed by atoms with Gasteiger partial charge in [-0.2, -0.15) is 0 Å². The second-order valence-electron chi connectivity index (χ2n) is 8.90. The van der Waals surface area contributed by atoms with Crippen molar-refractivity contribution in [3.63, 3.8) is 0 Å². The predicted molar refractivity (Wildman–Crippen MR) is 138 cm³/mol. The molecule has 0 heterocycles. The summed E-state index contributed by atoms with van der Waals surface area (Å²) in [5.41, 5.74) is 5.85. The normalized spacial score (nSPS) is 14.3. The number of fused-ring (bicyclic) bond motifs is 3. The quantitative estimate of drug-likeness (QED) is 0.386. The van der Waals surface area contributed by atoms with Gasteiger partial charge in [-0.25, -0.2) is 0 Å². The van der Waals surface area contributed by atoms with E-state index in [9.17, 15) is 19.5 Å². The molecule has 0 saturated carbocycles. The van der Waals surface area contributed by atoms with Crippen molar-refractivity contribution in [1.82, 2.24) is 5.32 Å². The number of carbonyl (C=O) groups is 3. The van der Waals surface area contributed by atoms with Crippen LogP contribution in [-0.4, -0.2) is 35.5 Å². The second-order valence-corrected chi connectivity index (χ2v) is 8.90. The molecule has 0 fully saturated rings. The molecular formula is C29H30N2O5. The molecule has 1 unspecified atom stereocenters. The number of esters is 1. The Bertz CT molecular complexity index is 1270. The van der Waals surface area contributed by atoms with Gasteiger partial charge in [-0.1, -0.05) is 42.5 Å². The number of carbonyl (C=O) groups excluding carboxylic acids is 3. The van der Waals surface area contributed by atoms with Crippen LogP contribution in [0.4, 0.5) is 5.69 Å². The molecule has 7 nitrogen and oxygen atoms in total. The highest BCUT2D eigenvalue weighted by Gasteiger charge is 2.29. The lowest BCUT2D eigenvalue weighted by atomic mass is 9.92. The van der Waals surface area contributed by atoms with Gasteiger partial charge >= 0.3 is 5.97 Å². The number of amides is 2. The highest BCUT2D eigenvalue weighted by atomic mass is 16.5. The first kappa shape index (κ1) is 25.0. The Morgan fingerprint density at radius 2 is 1.69 bits per heavy atom. The van der Waals surface area contributed by atoms with Gasteiger partial charge < -0.3 is 20.5 Å². The molecule has 4 rings (SSSR count). The minimum atomic E-state index is -0.780. The number of hydrogen-bond donors (Lipinski definition) is 3. The SMILES string of the molecule is CCOC(=O)CCC1c2ccccc2-c2ccc(NC(=O)[C@H](Cc3ccc(O)cc3)NC(C)=O)cc21. The zero-order valence-electron chi connectivity index (χ0n) is 20.4. The Kier molecular flexibility index (Phi) is 7.68. The van der Waals surface area contributed by atoms with Gasteiger partial charge in [-0.15, -0.1) is 0 Å². The fourth-order valence-electron chi connectivity index (χ4n) is 4.75. The lowest BCUT2D eigenvalue weighted by Gasteiger charge is -2.19. The third kappa shape index (κ3) is 5.74. The number of benzene rings is 3. The van der Waals surface area contributed by atoms with Crippen LogP contribution in [0.25, 0.3) is 11.1 Å². The van der Waals surface area contributed by atoms with Crippen molar-refractivity contribution in [2.75, 3.05) is 11.9 Å². The maximum Gasteiger partial charge on any atom is 0.305 e. The molecule has 36 heavy (non-hydrogen) atoms. The van der Waals surface area contributed by atoms with Crippen molar-refractivity contribution >= 4 is 23.5 Å². The van der Waals surface area contributed by atoms with Crippen molar-refractivity contribution in [2.24, 2.45) is 0 Å². The van der Waals surface area contributed by atoms with Crippen molar-refractivity contribution in [3.05, 3.63) is 83.4 Å². The minimum Gasteiger partial charge on any atom is -0.508 e. The van der Waals surface area contributed by atoms with Crippen molar-refractivity contribution in [2.45, 2.75) is 45.1 Å². The van der Waals surface area contributed by atoms with Crippen LogP contribution >= 0.6 is 0 Å². The molecule has 7 heteroatoms. The van der Waals surface area contributed by atoms with Crippen LogP contribution in [0.2, 0.25) is 0 Å². The first-order valence-corrected chi connectivity index (χ1v) is 12.1. The number of ether oxygens (including phenoxy) is 1. The van der Waals surface area contributed by atoms with Crippen LogP contribution in [0.15, 0.2) is 66.7 Å². The second kappa shape index (κ2) is 11.1. The lowest BCUT2D eigenvalue weighted by Crippen LogP contribution is -2.44. The summed E-state index contributed by atoms with van der Waals surface area (Å²) < 4.78 is 5.12. The fourth-order valence-corrected chi connectivity index (χ4v) is 4.75. The maximum absolute atomic E-state index is 13.2. The van der Waals surface area contributed by atoms with Crippen molar-refractivity contribution < 1.29 is 24.2 Å². The van der Waals surface area contributed by atoms with E-state index in [1.807, 2.05) is 30.3 Å². The van der Waals surface area contributed by atoms with E-state index in [2.05, 4.69) is 22.8 Å².